The van der Waals surface area contributed by atoms with Crippen molar-refractivity contribution >= 4 is 0 Å². The van der Waals surface area contributed by atoms with Crippen LogP contribution in [0.3, 0.4) is 0 Å². The second kappa shape index (κ2) is 6.06. The van der Waals surface area contributed by atoms with Crippen LogP contribution in [-0.4, -0.2) is 25.3 Å². The van der Waals surface area contributed by atoms with Crippen molar-refractivity contribution in [2.45, 2.75) is 57.6 Å². The van der Waals surface area contributed by atoms with Crippen molar-refractivity contribution in [2.24, 2.45) is 0 Å². The Labute approximate surface area is 117 Å². The van der Waals surface area contributed by atoms with E-state index in [0.717, 1.165) is 19.4 Å². The first-order valence-corrected chi connectivity index (χ1v) is 7.45. The first-order chi connectivity index (χ1) is 9.05. The summed E-state index contributed by atoms with van der Waals surface area (Å²) in [5.74, 6) is 0.602. The monoisotopic (exact) mass is 261 g/mol. The van der Waals surface area contributed by atoms with E-state index in [2.05, 4.69) is 50.4 Å². The van der Waals surface area contributed by atoms with E-state index >= 15 is 0 Å². The molecule has 2 atom stereocenters. The van der Waals surface area contributed by atoms with Gasteiger partial charge in [0.05, 0.1) is 5.60 Å². The Morgan fingerprint density at radius 3 is 2.42 bits per heavy atom. The largest absolute Gasteiger partial charge is 0.374 e. The van der Waals surface area contributed by atoms with Crippen molar-refractivity contribution < 1.29 is 4.74 Å². The Morgan fingerprint density at radius 2 is 1.95 bits per heavy atom. The van der Waals surface area contributed by atoms with Crippen LogP contribution < -0.4 is 5.32 Å². The standard InChI is InChI=1S/C17H27NO/c1-13(2)15-8-6-14(7-9-15)12-16(18-4)17(3)10-5-11-19-17/h6-9,13,16,18H,5,10-12H2,1-4H3. The normalized spacial score (nSPS) is 24.9. The highest BCUT2D eigenvalue weighted by atomic mass is 16.5. The summed E-state index contributed by atoms with van der Waals surface area (Å²) >= 11 is 0. The van der Waals surface area contributed by atoms with Crippen LogP contribution in [0.25, 0.3) is 0 Å². The molecule has 2 unspecified atom stereocenters. The first kappa shape index (κ1) is 14.5. The quantitative estimate of drug-likeness (QED) is 0.876. The van der Waals surface area contributed by atoms with Crippen LogP contribution in [-0.2, 0) is 11.2 Å². The van der Waals surface area contributed by atoms with Crippen molar-refractivity contribution in [1.82, 2.24) is 5.32 Å². The van der Waals surface area contributed by atoms with Gasteiger partial charge < -0.3 is 10.1 Å². The van der Waals surface area contributed by atoms with Gasteiger partial charge in [0.2, 0.25) is 0 Å². The number of ether oxygens (including phenoxy) is 1. The van der Waals surface area contributed by atoms with E-state index in [1.54, 1.807) is 0 Å². The van der Waals surface area contributed by atoms with E-state index in [0.29, 0.717) is 12.0 Å². The van der Waals surface area contributed by atoms with Gasteiger partial charge in [-0.05, 0) is 50.3 Å². The van der Waals surface area contributed by atoms with Crippen LogP contribution in [0.1, 0.15) is 50.7 Å². The zero-order valence-electron chi connectivity index (χ0n) is 12.7. The summed E-state index contributed by atoms with van der Waals surface area (Å²) in [6, 6.07) is 9.42. The molecular formula is C17H27NO. The van der Waals surface area contributed by atoms with E-state index < -0.39 is 0 Å². The smallest absolute Gasteiger partial charge is 0.0810 e. The van der Waals surface area contributed by atoms with Gasteiger partial charge in [-0.2, -0.15) is 0 Å². The van der Waals surface area contributed by atoms with E-state index in [4.69, 9.17) is 4.74 Å². The van der Waals surface area contributed by atoms with Gasteiger partial charge in [-0.1, -0.05) is 38.1 Å². The predicted molar refractivity (Wildman–Crippen MR) is 80.7 cm³/mol. The predicted octanol–water partition coefficient (Wildman–Crippen LogP) is 3.51. The summed E-state index contributed by atoms with van der Waals surface area (Å²) in [4.78, 5) is 0. The summed E-state index contributed by atoms with van der Waals surface area (Å²) in [6.45, 7) is 7.61. The van der Waals surface area contributed by atoms with E-state index in [1.165, 1.54) is 17.5 Å². The third-order valence-corrected chi connectivity index (χ3v) is 4.42. The molecule has 106 valence electrons. The van der Waals surface area contributed by atoms with Gasteiger partial charge in [-0.15, -0.1) is 0 Å². The highest BCUT2D eigenvalue weighted by molar-refractivity contribution is 5.25. The molecule has 1 N–H and O–H groups in total. The van der Waals surface area contributed by atoms with Crippen LogP contribution in [0.15, 0.2) is 24.3 Å². The molecule has 1 fully saturated rings. The summed E-state index contributed by atoms with van der Waals surface area (Å²) in [6.07, 6.45) is 3.37. The van der Waals surface area contributed by atoms with Crippen LogP contribution in [0.5, 0.6) is 0 Å². The minimum atomic E-state index is -0.00846. The summed E-state index contributed by atoms with van der Waals surface area (Å²) < 4.78 is 5.97. The molecule has 0 aromatic heterocycles. The van der Waals surface area contributed by atoms with Crippen LogP contribution in [0, 0.1) is 0 Å². The fourth-order valence-electron chi connectivity index (χ4n) is 2.97. The summed E-state index contributed by atoms with van der Waals surface area (Å²) in [5.41, 5.74) is 2.79. The molecule has 2 rings (SSSR count). The third kappa shape index (κ3) is 3.37. The maximum absolute atomic E-state index is 5.97. The molecule has 1 saturated heterocycles. The molecule has 1 aliphatic heterocycles. The number of rotatable bonds is 5. The second-order valence-electron chi connectivity index (χ2n) is 6.21. The maximum atomic E-state index is 5.97. The molecule has 1 heterocycles. The van der Waals surface area contributed by atoms with Gasteiger partial charge in [0.1, 0.15) is 0 Å². The van der Waals surface area contributed by atoms with Crippen molar-refractivity contribution in [3.63, 3.8) is 0 Å². The first-order valence-electron chi connectivity index (χ1n) is 7.45. The molecule has 0 bridgehead atoms. The van der Waals surface area contributed by atoms with Gasteiger partial charge in [-0.3, -0.25) is 0 Å². The average molecular weight is 261 g/mol. The van der Waals surface area contributed by atoms with Gasteiger partial charge in [0, 0.05) is 12.6 Å². The van der Waals surface area contributed by atoms with E-state index in [1.807, 2.05) is 7.05 Å². The molecule has 0 amide bonds. The molecule has 1 aromatic rings. The van der Waals surface area contributed by atoms with Crippen molar-refractivity contribution in [3.8, 4) is 0 Å². The molecule has 1 aromatic carbocycles. The zero-order valence-corrected chi connectivity index (χ0v) is 12.7. The lowest BCUT2D eigenvalue weighted by molar-refractivity contribution is -0.00943. The van der Waals surface area contributed by atoms with Crippen LogP contribution in [0.2, 0.25) is 0 Å². The van der Waals surface area contributed by atoms with Crippen LogP contribution >= 0.6 is 0 Å². The molecule has 0 radical (unpaired) electrons. The Kier molecular flexibility index (Phi) is 4.64. The Bertz CT molecular complexity index is 390. The van der Waals surface area contributed by atoms with Gasteiger partial charge in [0.25, 0.3) is 0 Å². The lowest BCUT2D eigenvalue weighted by atomic mass is 9.88. The number of hydrogen-bond acceptors (Lipinski definition) is 2. The molecule has 2 heteroatoms. The van der Waals surface area contributed by atoms with E-state index in [-0.39, 0.29) is 5.60 Å². The molecule has 0 saturated carbocycles. The minimum Gasteiger partial charge on any atom is -0.374 e. The number of benzene rings is 1. The maximum Gasteiger partial charge on any atom is 0.0810 e. The van der Waals surface area contributed by atoms with E-state index in [9.17, 15) is 0 Å². The minimum absolute atomic E-state index is 0.00846. The average Bonchev–Trinajstić information content (AvgIpc) is 2.84. The van der Waals surface area contributed by atoms with Crippen molar-refractivity contribution in [3.05, 3.63) is 35.4 Å². The Balaban J connectivity index is 2.05. The molecule has 2 nitrogen and oxygen atoms in total. The SMILES string of the molecule is CNC(Cc1ccc(C(C)C)cc1)C1(C)CCCO1. The molecule has 1 aliphatic rings. The number of nitrogens with one attached hydrogen (secondary N) is 1. The van der Waals surface area contributed by atoms with Gasteiger partial charge in [-0.25, -0.2) is 0 Å². The third-order valence-electron chi connectivity index (χ3n) is 4.42. The lowest BCUT2D eigenvalue weighted by Crippen LogP contribution is -2.48. The molecule has 0 spiro atoms. The fourth-order valence-corrected chi connectivity index (χ4v) is 2.97. The lowest BCUT2D eigenvalue weighted by Gasteiger charge is -2.33. The van der Waals surface area contributed by atoms with Gasteiger partial charge in [0.15, 0.2) is 0 Å². The van der Waals surface area contributed by atoms with Crippen molar-refractivity contribution in [1.29, 1.82) is 0 Å². The Hall–Kier alpha value is -0.860. The summed E-state index contributed by atoms with van der Waals surface area (Å²) in [7, 11) is 2.04. The zero-order chi connectivity index (χ0) is 13.9. The Morgan fingerprint density at radius 1 is 1.26 bits per heavy atom. The number of likely N-dealkylation sites (N-methyl/N-ethyl adjacent to an activating group) is 1. The highest BCUT2D eigenvalue weighted by Crippen LogP contribution is 2.30. The topological polar surface area (TPSA) is 21.3 Å². The summed E-state index contributed by atoms with van der Waals surface area (Å²) in [5, 5.41) is 3.45. The molecule has 19 heavy (non-hydrogen) atoms. The number of hydrogen-bond donors (Lipinski definition) is 1. The van der Waals surface area contributed by atoms with Gasteiger partial charge >= 0.3 is 0 Å². The fraction of sp³-hybridized carbons (Fsp3) is 0.647. The van der Waals surface area contributed by atoms with Crippen molar-refractivity contribution in [2.75, 3.05) is 13.7 Å². The molecular weight excluding hydrogens is 234 g/mol. The highest BCUT2D eigenvalue weighted by Gasteiger charge is 2.37. The van der Waals surface area contributed by atoms with Crippen LogP contribution in [0.4, 0.5) is 0 Å². The second-order valence-corrected chi connectivity index (χ2v) is 6.21. The molecule has 0 aliphatic carbocycles.